The zero-order valence-corrected chi connectivity index (χ0v) is 18.5. The van der Waals surface area contributed by atoms with Gasteiger partial charge in [0.25, 0.3) is 5.91 Å². The van der Waals surface area contributed by atoms with Crippen LogP contribution in [0.5, 0.6) is 0 Å². The molecule has 1 unspecified atom stereocenters. The Kier molecular flexibility index (Phi) is 6.72. The second kappa shape index (κ2) is 9.70. The number of amides is 1. The Bertz CT molecular complexity index is 1220. The lowest BCUT2D eigenvalue weighted by atomic mass is 9.90. The molecule has 6 nitrogen and oxygen atoms in total. The summed E-state index contributed by atoms with van der Waals surface area (Å²) in [6, 6.07) is 16.0. The van der Waals surface area contributed by atoms with Crippen LogP contribution in [0.3, 0.4) is 0 Å². The minimum atomic E-state index is -0.926. The standard InChI is InChI=1S/C26H24F2N2O4/c1-16-5-6-18(23-14-26(15-32,11-12-31)34-30-23)13-20(16)17-7-9-19(10-8-17)29-25(33)24-21(27)3-2-4-22(24)28/h2-10,13,31-32H,11-12,14-15H2,1H3,(H,29,33). The van der Waals surface area contributed by atoms with Crippen LogP contribution in [0.1, 0.15) is 34.3 Å². The molecule has 1 aliphatic heterocycles. The molecule has 0 saturated carbocycles. The number of aliphatic hydroxyl groups excluding tert-OH is 2. The number of oxime groups is 1. The predicted molar refractivity (Wildman–Crippen MR) is 125 cm³/mol. The van der Waals surface area contributed by atoms with E-state index < -0.39 is 28.7 Å². The average Bonchev–Trinajstić information content (AvgIpc) is 3.25. The molecule has 0 radical (unpaired) electrons. The van der Waals surface area contributed by atoms with Gasteiger partial charge >= 0.3 is 0 Å². The van der Waals surface area contributed by atoms with Gasteiger partial charge in [0, 0.05) is 30.7 Å². The first-order valence-electron chi connectivity index (χ1n) is 10.8. The Balaban J connectivity index is 1.54. The molecule has 1 heterocycles. The molecule has 0 saturated heterocycles. The molecule has 1 amide bonds. The summed E-state index contributed by atoms with van der Waals surface area (Å²) >= 11 is 0. The minimum Gasteiger partial charge on any atom is -0.396 e. The molecule has 176 valence electrons. The van der Waals surface area contributed by atoms with Gasteiger partial charge in [0.15, 0.2) is 5.60 Å². The summed E-state index contributed by atoms with van der Waals surface area (Å²) in [6.45, 7) is 1.60. The van der Waals surface area contributed by atoms with Gasteiger partial charge in [-0.15, -0.1) is 0 Å². The van der Waals surface area contributed by atoms with E-state index in [-0.39, 0.29) is 19.6 Å². The van der Waals surface area contributed by atoms with Gasteiger partial charge in [0.2, 0.25) is 0 Å². The number of benzene rings is 3. The molecular weight excluding hydrogens is 442 g/mol. The molecule has 3 aromatic carbocycles. The van der Waals surface area contributed by atoms with E-state index in [1.807, 2.05) is 25.1 Å². The number of hydrogen-bond acceptors (Lipinski definition) is 5. The lowest BCUT2D eigenvalue weighted by Crippen LogP contribution is -2.34. The maximum Gasteiger partial charge on any atom is 0.261 e. The summed E-state index contributed by atoms with van der Waals surface area (Å²) in [6.07, 6.45) is 0.656. The van der Waals surface area contributed by atoms with E-state index in [1.165, 1.54) is 6.07 Å². The lowest BCUT2D eigenvalue weighted by Gasteiger charge is -2.22. The smallest absolute Gasteiger partial charge is 0.261 e. The number of halogens is 2. The first-order chi connectivity index (χ1) is 16.4. The van der Waals surface area contributed by atoms with Crippen LogP contribution in [0, 0.1) is 18.6 Å². The molecule has 3 N–H and O–H groups in total. The third-order valence-corrected chi connectivity index (χ3v) is 5.91. The largest absolute Gasteiger partial charge is 0.396 e. The van der Waals surface area contributed by atoms with Crippen LogP contribution in [0.15, 0.2) is 65.8 Å². The summed E-state index contributed by atoms with van der Waals surface area (Å²) in [4.78, 5) is 17.8. The number of hydrogen-bond donors (Lipinski definition) is 3. The zero-order valence-electron chi connectivity index (χ0n) is 18.5. The average molecular weight is 466 g/mol. The SMILES string of the molecule is Cc1ccc(C2=NOC(CO)(CCO)C2)cc1-c1ccc(NC(=O)c2c(F)cccc2F)cc1. The van der Waals surface area contributed by atoms with Gasteiger partial charge in [-0.1, -0.05) is 35.5 Å². The number of carbonyl (C=O) groups is 1. The highest BCUT2D eigenvalue weighted by Gasteiger charge is 2.38. The predicted octanol–water partition coefficient (Wildman–Crippen LogP) is 4.43. The van der Waals surface area contributed by atoms with Gasteiger partial charge in [-0.05, 0) is 53.9 Å². The van der Waals surface area contributed by atoms with Crippen molar-refractivity contribution in [2.24, 2.45) is 5.16 Å². The zero-order chi connectivity index (χ0) is 24.3. The monoisotopic (exact) mass is 466 g/mol. The fourth-order valence-corrected chi connectivity index (χ4v) is 3.93. The Morgan fingerprint density at radius 3 is 2.38 bits per heavy atom. The Morgan fingerprint density at radius 2 is 1.74 bits per heavy atom. The van der Waals surface area contributed by atoms with Crippen molar-refractivity contribution in [3.63, 3.8) is 0 Å². The quantitative estimate of drug-likeness (QED) is 0.481. The van der Waals surface area contributed by atoms with Gasteiger partial charge in [-0.2, -0.15) is 0 Å². The van der Waals surface area contributed by atoms with E-state index in [2.05, 4.69) is 10.5 Å². The molecule has 0 bridgehead atoms. The Hall–Kier alpha value is -3.62. The summed E-state index contributed by atoms with van der Waals surface area (Å²) in [5, 5.41) is 25.6. The highest BCUT2D eigenvalue weighted by molar-refractivity contribution is 6.05. The maximum atomic E-state index is 13.9. The van der Waals surface area contributed by atoms with Gasteiger partial charge in [-0.3, -0.25) is 4.79 Å². The second-order valence-electron chi connectivity index (χ2n) is 8.28. The maximum absolute atomic E-state index is 13.9. The van der Waals surface area contributed by atoms with E-state index >= 15 is 0 Å². The van der Waals surface area contributed by atoms with Gasteiger partial charge in [0.05, 0.1) is 12.3 Å². The second-order valence-corrected chi connectivity index (χ2v) is 8.28. The van der Waals surface area contributed by atoms with Crippen molar-refractivity contribution in [3.05, 3.63) is 89.0 Å². The molecular formula is C26H24F2N2O4. The highest BCUT2D eigenvalue weighted by Crippen LogP contribution is 2.32. The molecule has 0 aliphatic carbocycles. The van der Waals surface area contributed by atoms with Crippen LogP contribution in [0.25, 0.3) is 11.1 Å². The topological polar surface area (TPSA) is 91.2 Å². The fourth-order valence-electron chi connectivity index (χ4n) is 3.93. The molecule has 1 atom stereocenters. The molecule has 0 fully saturated rings. The number of nitrogens with one attached hydrogen (secondary N) is 1. The number of carbonyl (C=O) groups excluding carboxylic acids is 1. The number of aliphatic hydroxyl groups is 2. The van der Waals surface area contributed by atoms with Crippen molar-refractivity contribution < 1.29 is 28.6 Å². The Morgan fingerprint density at radius 1 is 1.06 bits per heavy atom. The molecule has 34 heavy (non-hydrogen) atoms. The van der Waals surface area contributed by atoms with Crippen LogP contribution >= 0.6 is 0 Å². The van der Waals surface area contributed by atoms with Crippen LogP contribution in [0.4, 0.5) is 14.5 Å². The van der Waals surface area contributed by atoms with E-state index in [0.717, 1.165) is 34.4 Å². The molecule has 4 rings (SSSR count). The van der Waals surface area contributed by atoms with Crippen molar-refractivity contribution in [2.75, 3.05) is 18.5 Å². The van der Waals surface area contributed by atoms with Crippen molar-refractivity contribution in [1.82, 2.24) is 0 Å². The van der Waals surface area contributed by atoms with E-state index in [0.29, 0.717) is 17.8 Å². The first kappa shape index (κ1) is 23.5. The van der Waals surface area contributed by atoms with E-state index in [1.54, 1.807) is 24.3 Å². The molecule has 1 aliphatic rings. The van der Waals surface area contributed by atoms with Crippen molar-refractivity contribution in [2.45, 2.75) is 25.4 Å². The van der Waals surface area contributed by atoms with Gasteiger partial charge in [0.1, 0.15) is 17.2 Å². The molecule has 0 spiro atoms. The van der Waals surface area contributed by atoms with E-state index in [4.69, 9.17) is 4.84 Å². The van der Waals surface area contributed by atoms with Crippen LogP contribution in [-0.4, -0.2) is 40.6 Å². The lowest BCUT2D eigenvalue weighted by molar-refractivity contribution is -0.0697. The molecule has 8 heteroatoms. The van der Waals surface area contributed by atoms with Gasteiger partial charge in [-0.25, -0.2) is 8.78 Å². The summed E-state index contributed by atoms with van der Waals surface area (Å²) in [5.41, 5.74) is 3.19. The molecule has 3 aromatic rings. The first-order valence-corrected chi connectivity index (χ1v) is 10.8. The molecule has 0 aromatic heterocycles. The number of aryl methyl sites for hydroxylation is 1. The van der Waals surface area contributed by atoms with Crippen LogP contribution in [0.2, 0.25) is 0 Å². The van der Waals surface area contributed by atoms with Crippen molar-refractivity contribution in [3.8, 4) is 11.1 Å². The van der Waals surface area contributed by atoms with Crippen LogP contribution < -0.4 is 5.32 Å². The highest BCUT2D eigenvalue weighted by atomic mass is 19.1. The fraction of sp³-hybridized carbons (Fsp3) is 0.231. The summed E-state index contributed by atoms with van der Waals surface area (Å²) < 4.78 is 27.7. The summed E-state index contributed by atoms with van der Waals surface area (Å²) in [7, 11) is 0. The van der Waals surface area contributed by atoms with Crippen molar-refractivity contribution in [1.29, 1.82) is 0 Å². The number of rotatable bonds is 7. The Labute approximate surface area is 195 Å². The van der Waals surface area contributed by atoms with Crippen molar-refractivity contribution >= 4 is 17.3 Å². The van der Waals surface area contributed by atoms with Crippen LogP contribution in [-0.2, 0) is 4.84 Å². The third-order valence-electron chi connectivity index (χ3n) is 5.91. The minimum absolute atomic E-state index is 0.116. The van der Waals surface area contributed by atoms with Gasteiger partial charge < -0.3 is 20.4 Å². The number of anilines is 1. The number of nitrogens with zero attached hydrogens (tertiary/aromatic N) is 1. The van der Waals surface area contributed by atoms with E-state index in [9.17, 15) is 23.8 Å². The normalized spacial score (nSPS) is 17.3. The third kappa shape index (κ3) is 4.69. The summed E-state index contributed by atoms with van der Waals surface area (Å²) in [5.74, 6) is -2.72.